The fraction of sp³-hybridized carbons (Fsp3) is 0.933. The number of hydrogen-bond acceptors (Lipinski definition) is 34. The molecule has 4 saturated heterocycles. The summed E-state index contributed by atoms with van der Waals surface area (Å²) >= 11 is 0. The minimum absolute atomic E-state index is 0. The molecule has 104 heavy (non-hydrogen) atoms. The van der Waals surface area contributed by atoms with Crippen molar-refractivity contribution in [2.24, 2.45) is 5.11 Å². The summed E-state index contributed by atoms with van der Waals surface area (Å²) in [5.41, 5.74) is 14.4. The van der Waals surface area contributed by atoms with E-state index in [1.54, 1.807) is 18.1 Å². The highest BCUT2D eigenvalue weighted by Gasteiger charge is 2.54. The van der Waals surface area contributed by atoms with E-state index in [9.17, 15) is 91.3 Å². The highest BCUT2D eigenvalue weighted by atomic mass is 28.5. The Labute approximate surface area is 617 Å². The third-order valence-electron chi connectivity index (χ3n) is 16.0. The van der Waals surface area contributed by atoms with Gasteiger partial charge in [0.05, 0.1) is 77.2 Å². The molecule has 2 amide bonds. The molecule has 0 radical (unpaired) electrons. The van der Waals surface area contributed by atoms with Crippen LogP contribution in [0.4, 0.5) is 0 Å². The molecule has 4 fully saturated rings. The average molecular weight is 1610 g/mol. The maximum absolute atomic E-state index is 12.8. The largest absolute Gasteiger partial charge is 0.437 e. The molecule has 0 aromatic rings. The molecule has 0 saturated carbocycles. The van der Waals surface area contributed by atoms with Crippen molar-refractivity contribution in [3.8, 4) is 0 Å². The van der Waals surface area contributed by atoms with Crippen LogP contribution >= 0.6 is 0 Å². The van der Waals surface area contributed by atoms with Gasteiger partial charge < -0.3 is 151 Å². The maximum atomic E-state index is 12.8. The number of carbonyl (C=O) groups excluding carboxylic acids is 2. The summed E-state index contributed by atoms with van der Waals surface area (Å²) in [5.74, 6) is -0.954. The van der Waals surface area contributed by atoms with E-state index in [0.29, 0.717) is 18.9 Å². The normalized spacial score (nSPS) is 31.3. The van der Waals surface area contributed by atoms with Gasteiger partial charge in [-0.05, 0) is 129 Å². The Hall–Kier alpha value is -2.27. The monoisotopic (exact) mass is 1610 g/mol. The van der Waals surface area contributed by atoms with Crippen LogP contribution in [0.5, 0.6) is 0 Å². The first-order chi connectivity index (χ1) is 47.6. The molecular weight excluding hydrogens is 1480 g/mol. The lowest BCUT2D eigenvalue weighted by Crippen LogP contribution is -2.67. The van der Waals surface area contributed by atoms with Crippen LogP contribution < -0.4 is 11.0 Å². The van der Waals surface area contributed by atoms with Crippen molar-refractivity contribution in [2.75, 3.05) is 79.0 Å². The zero-order chi connectivity index (χ0) is 78.5. The summed E-state index contributed by atoms with van der Waals surface area (Å²) in [6.45, 7) is 33.1. The summed E-state index contributed by atoms with van der Waals surface area (Å²) in [5, 5.41) is 167. The second kappa shape index (κ2) is 44.1. The molecule has 0 aromatic carbocycles. The lowest BCUT2D eigenvalue weighted by atomic mass is 9.96. The standard InChI is InChI=1S/C30H62N4O15Si3.C16H29NO11.C13H33N3O4Si3.CH4/c1-18(37)34(29-26(42)25(41)28(22(16-36)45-29)47-30-27(43)24(40)23(39)21(15-35)46-30)13-19-12-33(32-31-19)14-20(38)17-44-10-9-11-52(8,48-50(2,3)4)49-51(5,6)7;1-3-17(6(2)20)15-12(24)11(23)14(8(5-19)26-15)28-16-13(25)10(22)9(21)7(4-18)27-16;1-21(2,3)19-23(7,20-22(4,5)6)10-8-9-18-12-13(17)11-15-16-14;/h12,20-32,35-36,38-43H,9-11,13-17H2,1-8H3;7-16,18-19,21-25H,3-5H2,1-2H3;13,17H,8-12H2,1-7H3;1H4/t20?,21?,22-,23+,24-,25?,26?,27?,28+,29+,30-;7?,8-,9+,10-,11?,12?,13?,14+,15+,16-;;/m00../s1. The molecule has 44 heteroatoms. The van der Waals surface area contributed by atoms with Gasteiger partial charge >= 0.3 is 17.1 Å². The number of aliphatic hydroxyl groups is 16. The van der Waals surface area contributed by atoms with Crippen LogP contribution in [0.1, 0.15) is 41.0 Å². The molecule has 0 aliphatic carbocycles. The summed E-state index contributed by atoms with van der Waals surface area (Å²) in [6.07, 6.45) is -29.4. The highest BCUT2D eigenvalue weighted by molar-refractivity contribution is 6.88. The van der Waals surface area contributed by atoms with Gasteiger partial charge in [0.25, 0.3) is 0 Å². The number of ether oxygens (including phenoxy) is 8. The van der Waals surface area contributed by atoms with Crippen LogP contribution in [-0.2, 0) is 63.9 Å². The number of hydrazine groups is 2. The lowest BCUT2D eigenvalue weighted by molar-refractivity contribution is -0.347. The summed E-state index contributed by atoms with van der Waals surface area (Å²) in [6, 6.07) is 1.67. The van der Waals surface area contributed by atoms with Crippen molar-refractivity contribution in [3.05, 3.63) is 22.3 Å². The Morgan fingerprint density at radius 1 is 0.548 bits per heavy atom. The van der Waals surface area contributed by atoms with Gasteiger partial charge in [0.15, 0.2) is 58.3 Å². The van der Waals surface area contributed by atoms with Crippen LogP contribution in [0, 0.1) is 0 Å². The molecule has 38 nitrogen and oxygen atoms in total. The number of carbonyl (C=O) groups is 2. The minimum atomic E-state index is -2.38. The number of nitrogens with one attached hydrogen (secondary N) is 2. The molecule has 0 bridgehead atoms. The van der Waals surface area contributed by atoms with Gasteiger partial charge in [-0.15, -0.1) is 5.53 Å². The van der Waals surface area contributed by atoms with E-state index in [-0.39, 0.29) is 46.8 Å². The van der Waals surface area contributed by atoms with Gasteiger partial charge in [-0.25, -0.2) is 0 Å². The Kier molecular flexibility index (Phi) is 41.5. The Balaban J connectivity index is 0.000000592. The quantitative estimate of drug-likeness (QED) is 0.00977. The summed E-state index contributed by atoms with van der Waals surface area (Å²) < 4.78 is 70.1. The van der Waals surface area contributed by atoms with Gasteiger partial charge in [0.2, 0.25) is 11.8 Å². The molecular formula is C60H128N8O30Si6. The Morgan fingerprint density at radius 3 is 1.25 bits per heavy atom. The van der Waals surface area contributed by atoms with E-state index in [4.69, 9.17) is 59.9 Å². The van der Waals surface area contributed by atoms with E-state index >= 15 is 0 Å². The highest BCUT2D eigenvalue weighted by Crippen LogP contribution is 2.34. The van der Waals surface area contributed by atoms with Gasteiger partial charge in [0.1, 0.15) is 97.7 Å². The third-order valence-corrected chi connectivity index (χ3v) is 35.3. The number of β-amino-alcohol motifs (C(OH)–C–C–N with tert-alkyl or cyclic N) is 1. The van der Waals surface area contributed by atoms with Crippen LogP contribution in [-0.4, -0.2) is 373 Å². The molecule has 10 unspecified atom stereocenters. The zero-order valence-electron chi connectivity index (χ0n) is 62.6. The molecule has 5 aliphatic rings. The fourth-order valence-electron chi connectivity index (χ4n) is 12.1. The van der Waals surface area contributed by atoms with Crippen molar-refractivity contribution >= 4 is 62.2 Å². The predicted molar refractivity (Wildman–Crippen MR) is 389 cm³/mol. The van der Waals surface area contributed by atoms with Crippen molar-refractivity contribution in [3.63, 3.8) is 0 Å². The number of hydrogen-bond donors (Lipinski definition) is 18. The van der Waals surface area contributed by atoms with Crippen LogP contribution in [0.25, 0.3) is 10.4 Å². The number of azide groups is 1. The van der Waals surface area contributed by atoms with Gasteiger partial charge in [-0.1, -0.05) is 12.5 Å². The van der Waals surface area contributed by atoms with Gasteiger partial charge in [0, 0.05) is 44.7 Å². The number of likely N-dealkylation sites (N-methyl/N-ethyl adjacent to an activating group) is 1. The first-order valence-corrected chi connectivity index (χ1v) is 53.3. The second-order valence-electron chi connectivity index (χ2n) is 30.3. The second-order valence-corrected chi connectivity index (χ2v) is 56.0. The Morgan fingerprint density at radius 2 is 0.913 bits per heavy atom. The average Bonchev–Trinajstić information content (AvgIpc) is 1.02. The molecule has 5 aliphatic heterocycles. The van der Waals surface area contributed by atoms with E-state index in [2.05, 4.69) is 113 Å². The zero-order valence-corrected chi connectivity index (χ0v) is 68.6. The van der Waals surface area contributed by atoms with Crippen LogP contribution in [0.2, 0.25) is 104 Å². The van der Waals surface area contributed by atoms with E-state index in [1.807, 2.05) is 0 Å². The summed E-state index contributed by atoms with van der Waals surface area (Å²) in [7, 11) is -11.5. The molecule has 0 aromatic heterocycles. The first kappa shape index (κ1) is 97.8. The van der Waals surface area contributed by atoms with Crippen molar-refractivity contribution in [1.29, 1.82) is 0 Å². The molecule has 612 valence electrons. The number of aliphatic hydroxyl groups excluding tert-OH is 16. The Bertz CT molecular complexity index is 2550. The fourth-order valence-corrected chi connectivity index (χ4v) is 37.1. The van der Waals surface area contributed by atoms with Crippen LogP contribution in [0.3, 0.4) is 0 Å². The molecule has 0 spiro atoms. The predicted octanol–water partition coefficient (Wildman–Crippen LogP) is -2.88. The van der Waals surface area contributed by atoms with E-state index < -0.39 is 224 Å². The van der Waals surface area contributed by atoms with Crippen LogP contribution in [0.15, 0.2) is 17.0 Å². The maximum Gasteiger partial charge on any atom is 0.314 e. The van der Waals surface area contributed by atoms with Gasteiger partial charge in [-0.2, -0.15) is 0 Å². The molecule has 18 N–H and O–H groups in total. The van der Waals surface area contributed by atoms with Crippen molar-refractivity contribution < 1.29 is 146 Å². The smallest absolute Gasteiger partial charge is 0.314 e. The first-order valence-electron chi connectivity index (χ1n) is 34.7. The number of nitrogens with zero attached hydrogens (tertiary/aromatic N) is 6. The molecule has 5 rings (SSSR count). The van der Waals surface area contributed by atoms with E-state index in [1.165, 1.54) is 18.7 Å². The summed E-state index contributed by atoms with van der Waals surface area (Å²) in [4.78, 5) is 29.4. The van der Waals surface area contributed by atoms with Crippen molar-refractivity contribution in [1.82, 2.24) is 25.8 Å². The van der Waals surface area contributed by atoms with Gasteiger partial charge in [-0.3, -0.25) is 14.6 Å². The lowest BCUT2D eigenvalue weighted by Gasteiger charge is -2.48. The minimum Gasteiger partial charge on any atom is -0.437 e. The van der Waals surface area contributed by atoms with E-state index in [0.717, 1.165) is 29.8 Å². The number of rotatable bonds is 37. The molecule has 22 atom stereocenters. The van der Waals surface area contributed by atoms with Crippen molar-refractivity contribution in [2.45, 2.75) is 280 Å². The third kappa shape index (κ3) is 31.8. The SMILES string of the molecule is C.CC(=O)N(CC1=CN(CC(O)COCCC[Si](C)(O[Si](C)(C)C)O[Si](C)(C)C)NN1)[C@@H]1O[C@@H](CO)[C@@H](O[C@@H]2OC(CO)[C@@H](O)[C@H](O)C2O)C(O)C1O.CCN(C(C)=O)[C@@H]1O[C@@H](CO)[C@@H](O[C@@H]2OC(CO)[C@@H](O)[C@H](O)C2O)C(O)C1O.C[Si](C)(C)O[Si](C)(CCCOCC(O)CN=[N+]=[N-])O[Si](C)(C)C. The molecule has 5 heterocycles. The number of amides is 2. The topological polar surface area (TPSA) is 551 Å².